The van der Waals surface area contributed by atoms with Crippen molar-refractivity contribution in [1.29, 1.82) is 0 Å². The Bertz CT molecular complexity index is 735. The van der Waals surface area contributed by atoms with Crippen LogP contribution in [0.3, 0.4) is 0 Å². The first-order valence-electron chi connectivity index (χ1n) is 13.3. The molecule has 0 aliphatic carbocycles. The molecule has 0 fully saturated rings. The average molecular weight is 482 g/mol. The van der Waals surface area contributed by atoms with Crippen molar-refractivity contribution in [2.75, 3.05) is 38.3 Å². The molecule has 0 aliphatic heterocycles. The van der Waals surface area contributed by atoms with Crippen LogP contribution in [0.1, 0.15) is 110 Å². The van der Waals surface area contributed by atoms with E-state index in [1.807, 2.05) is 13.1 Å². The SMILES string of the molecule is CCCCCCCCCCCCCCCCCCN(C)c1ccc(S(=O)(=O)N(C)C)cc1N. The highest BCUT2D eigenvalue weighted by Crippen LogP contribution is 2.27. The highest BCUT2D eigenvalue weighted by molar-refractivity contribution is 7.89. The average Bonchev–Trinajstić information content (AvgIpc) is 2.78. The highest BCUT2D eigenvalue weighted by Gasteiger charge is 2.18. The lowest BCUT2D eigenvalue weighted by Crippen LogP contribution is -2.23. The van der Waals surface area contributed by atoms with E-state index in [1.165, 1.54) is 115 Å². The number of sulfonamides is 1. The molecule has 0 unspecified atom stereocenters. The van der Waals surface area contributed by atoms with Crippen LogP contribution in [0.25, 0.3) is 0 Å². The van der Waals surface area contributed by atoms with Crippen molar-refractivity contribution >= 4 is 21.4 Å². The molecular formula is C27H51N3O2S. The molecule has 0 saturated heterocycles. The molecule has 0 bridgehead atoms. The molecule has 1 aromatic rings. The summed E-state index contributed by atoms with van der Waals surface area (Å²) in [6, 6.07) is 5.03. The molecule has 0 spiro atoms. The van der Waals surface area contributed by atoms with Crippen molar-refractivity contribution in [3.63, 3.8) is 0 Å². The maximum absolute atomic E-state index is 12.3. The third kappa shape index (κ3) is 12.1. The Morgan fingerprint density at radius 2 is 1.12 bits per heavy atom. The van der Waals surface area contributed by atoms with Crippen LogP contribution in [0.2, 0.25) is 0 Å². The first kappa shape index (κ1) is 29.8. The Labute approximate surface area is 205 Å². The van der Waals surface area contributed by atoms with Gasteiger partial charge in [-0.1, -0.05) is 103 Å². The Hall–Kier alpha value is -1.27. The quantitative estimate of drug-likeness (QED) is 0.158. The van der Waals surface area contributed by atoms with Gasteiger partial charge >= 0.3 is 0 Å². The van der Waals surface area contributed by atoms with Gasteiger partial charge in [0, 0.05) is 27.7 Å². The van der Waals surface area contributed by atoms with Crippen LogP contribution in [0.15, 0.2) is 23.1 Å². The minimum absolute atomic E-state index is 0.240. The zero-order valence-electron chi connectivity index (χ0n) is 21.9. The molecule has 0 atom stereocenters. The van der Waals surface area contributed by atoms with Crippen LogP contribution in [-0.4, -0.2) is 40.4 Å². The van der Waals surface area contributed by atoms with E-state index in [1.54, 1.807) is 12.1 Å². The zero-order valence-corrected chi connectivity index (χ0v) is 22.8. The Balaban J connectivity index is 2.07. The van der Waals surface area contributed by atoms with Gasteiger partial charge in [0.05, 0.1) is 16.3 Å². The van der Waals surface area contributed by atoms with Crippen molar-refractivity contribution in [3.05, 3.63) is 18.2 Å². The zero-order chi connectivity index (χ0) is 24.5. The maximum Gasteiger partial charge on any atom is 0.242 e. The summed E-state index contributed by atoms with van der Waals surface area (Å²) in [5.74, 6) is 0. The van der Waals surface area contributed by atoms with Crippen molar-refractivity contribution < 1.29 is 8.42 Å². The lowest BCUT2D eigenvalue weighted by atomic mass is 10.0. The summed E-state index contributed by atoms with van der Waals surface area (Å²) in [4.78, 5) is 2.37. The molecule has 1 aromatic carbocycles. The molecule has 0 radical (unpaired) electrons. The number of nitrogens with two attached hydrogens (primary N) is 1. The molecule has 5 nitrogen and oxygen atoms in total. The summed E-state index contributed by atoms with van der Waals surface area (Å²) in [7, 11) is 1.63. The van der Waals surface area contributed by atoms with Gasteiger partial charge < -0.3 is 10.6 Å². The maximum atomic E-state index is 12.3. The number of hydrogen-bond donors (Lipinski definition) is 1. The summed E-state index contributed by atoms with van der Waals surface area (Å²) in [5, 5.41) is 0. The molecular weight excluding hydrogens is 430 g/mol. The number of rotatable bonds is 20. The van der Waals surface area contributed by atoms with Gasteiger partial charge in [0.1, 0.15) is 0 Å². The number of hydrogen-bond acceptors (Lipinski definition) is 4. The molecule has 1 rings (SSSR count). The summed E-state index contributed by atoms with van der Waals surface area (Å²) < 4.78 is 25.7. The summed E-state index contributed by atoms with van der Waals surface area (Å²) >= 11 is 0. The largest absolute Gasteiger partial charge is 0.397 e. The van der Waals surface area contributed by atoms with Gasteiger partial charge in [0.2, 0.25) is 10.0 Å². The van der Waals surface area contributed by atoms with Crippen LogP contribution in [-0.2, 0) is 10.0 Å². The topological polar surface area (TPSA) is 66.6 Å². The second kappa shape index (κ2) is 17.2. The van der Waals surface area contributed by atoms with Crippen LogP contribution in [0, 0.1) is 0 Å². The Kier molecular flexibility index (Phi) is 15.5. The first-order valence-corrected chi connectivity index (χ1v) is 14.8. The van der Waals surface area contributed by atoms with Gasteiger partial charge in [0.25, 0.3) is 0 Å². The smallest absolute Gasteiger partial charge is 0.242 e. The molecule has 6 heteroatoms. The molecule has 0 aliphatic rings. The van der Waals surface area contributed by atoms with E-state index in [-0.39, 0.29) is 4.90 Å². The van der Waals surface area contributed by atoms with Crippen LogP contribution >= 0.6 is 0 Å². The van der Waals surface area contributed by atoms with E-state index in [0.717, 1.165) is 18.7 Å². The number of benzene rings is 1. The standard InChI is InChI=1S/C27H51N3O2S/c1-5-6-7-8-9-10-11-12-13-14-15-16-17-18-19-20-23-30(4)27-22-21-25(24-26(27)28)33(31,32)29(2)3/h21-22,24H,5-20,23,28H2,1-4H3. The van der Waals surface area contributed by atoms with Gasteiger partial charge in [-0.25, -0.2) is 12.7 Å². The molecule has 0 saturated carbocycles. The van der Waals surface area contributed by atoms with Crippen LogP contribution in [0.5, 0.6) is 0 Å². The fourth-order valence-corrected chi connectivity index (χ4v) is 5.21. The van der Waals surface area contributed by atoms with Crippen molar-refractivity contribution in [1.82, 2.24) is 4.31 Å². The first-order chi connectivity index (χ1) is 15.8. The molecule has 192 valence electrons. The Morgan fingerprint density at radius 3 is 1.52 bits per heavy atom. The predicted octanol–water partition coefficient (Wildman–Crippen LogP) is 7.22. The highest BCUT2D eigenvalue weighted by atomic mass is 32.2. The van der Waals surface area contributed by atoms with E-state index < -0.39 is 10.0 Å². The van der Waals surface area contributed by atoms with Gasteiger partial charge in [-0.2, -0.15) is 0 Å². The molecule has 0 heterocycles. The predicted molar refractivity (Wildman–Crippen MR) is 145 cm³/mol. The normalized spacial score (nSPS) is 11.9. The van der Waals surface area contributed by atoms with E-state index in [9.17, 15) is 8.42 Å². The minimum Gasteiger partial charge on any atom is -0.397 e. The van der Waals surface area contributed by atoms with Crippen LogP contribution in [0.4, 0.5) is 11.4 Å². The van der Waals surface area contributed by atoms with Crippen molar-refractivity contribution in [2.24, 2.45) is 0 Å². The number of anilines is 2. The van der Waals surface area contributed by atoms with Crippen LogP contribution < -0.4 is 10.6 Å². The molecule has 0 aromatic heterocycles. The second-order valence-corrected chi connectivity index (χ2v) is 11.9. The lowest BCUT2D eigenvalue weighted by molar-refractivity contribution is 0.521. The van der Waals surface area contributed by atoms with Gasteiger partial charge in [-0.05, 0) is 24.6 Å². The van der Waals surface area contributed by atoms with E-state index in [4.69, 9.17) is 5.73 Å². The fraction of sp³-hybridized carbons (Fsp3) is 0.778. The molecule has 0 amide bonds. The van der Waals surface area contributed by atoms with E-state index in [0.29, 0.717) is 5.69 Å². The fourth-order valence-electron chi connectivity index (χ4n) is 4.27. The van der Waals surface area contributed by atoms with E-state index in [2.05, 4.69) is 11.8 Å². The molecule has 2 N–H and O–H groups in total. The second-order valence-electron chi connectivity index (χ2n) is 9.73. The summed E-state index contributed by atoms with van der Waals surface area (Å²) in [6.45, 7) is 3.21. The van der Waals surface area contributed by atoms with Gasteiger partial charge in [-0.3, -0.25) is 0 Å². The Morgan fingerprint density at radius 1 is 0.697 bits per heavy atom. The minimum atomic E-state index is -3.45. The van der Waals surface area contributed by atoms with Gasteiger partial charge in [0.15, 0.2) is 0 Å². The third-order valence-corrected chi connectivity index (χ3v) is 8.35. The summed E-state index contributed by atoms with van der Waals surface area (Å²) in [6.07, 6.45) is 21.9. The van der Waals surface area contributed by atoms with Gasteiger partial charge in [-0.15, -0.1) is 0 Å². The van der Waals surface area contributed by atoms with Crippen molar-refractivity contribution in [2.45, 2.75) is 115 Å². The third-order valence-electron chi connectivity index (χ3n) is 6.54. The van der Waals surface area contributed by atoms with Crippen molar-refractivity contribution in [3.8, 4) is 0 Å². The monoisotopic (exact) mass is 481 g/mol. The lowest BCUT2D eigenvalue weighted by Gasteiger charge is -2.22. The molecule has 33 heavy (non-hydrogen) atoms. The number of nitrogen functional groups attached to an aromatic ring is 1. The number of nitrogens with zero attached hydrogens (tertiary/aromatic N) is 2. The summed E-state index contributed by atoms with van der Waals surface area (Å²) in [5.41, 5.74) is 7.56. The number of unbranched alkanes of at least 4 members (excludes halogenated alkanes) is 15. The van der Waals surface area contributed by atoms with E-state index >= 15 is 0 Å².